The fourth-order valence-electron chi connectivity index (χ4n) is 1.44. The summed E-state index contributed by atoms with van der Waals surface area (Å²) in [6.07, 6.45) is 2.42. The number of nitrogens with zero attached hydrogens (tertiary/aromatic N) is 1. The van der Waals surface area contributed by atoms with Gasteiger partial charge in [-0.3, -0.25) is 4.98 Å². The lowest BCUT2D eigenvalue weighted by molar-refractivity contribution is 0.602. The topological polar surface area (TPSA) is 73.0 Å². The van der Waals surface area contributed by atoms with Crippen LogP contribution in [0.1, 0.15) is 0 Å². The molecule has 0 amide bonds. The number of nitrogens with two attached hydrogens (primary N) is 1. The molecule has 1 heterocycles. The monoisotopic (exact) mass is 222 g/mol. The zero-order chi connectivity index (χ0) is 11.1. The molecule has 0 radical (unpaired) electrons. The maximum Gasteiger partial charge on any atom is 0.179 e. The lowest BCUT2D eigenvalue weighted by Crippen LogP contribution is -2.03. The number of aromatic nitrogens is 1. The summed E-state index contributed by atoms with van der Waals surface area (Å²) in [4.78, 5) is 4.13. The second-order valence-electron chi connectivity index (χ2n) is 3.33. The highest BCUT2D eigenvalue weighted by Crippen LogP contribution is 2.25. The molecule has 0 unspecified atom stereocenters. The Hall–Kier alpha value is -1.62. The minimum atomic E-state index is -3.31. The largest absolute Gasteiger partial charge is 0.397 e. The van der Waals surface area contributed by atoms with Crippen molar-refractivity contribution in [1.29, 1.82) is 0 Å². The highest BCUT2D eigenvalue weighted by atomic mass is 32.2. The molecule has 78 valence electrons. The van der Waals surface area contributed by atoms with Crippen molar-refractivity contribution in [3.63, 3.8) is 0 Å². The summed E-state index contributed by atoms with van der Waals surface area (Å²) in [5, 5.41) is 0.667. The van der Waals surface area contributed by atoms with E-state index < -0.39 is 9.84 Å². The molecule has 1 aromatic heterocycles. The average molecular weight is 222 g/mol. The van der Waals surface area contributed by atoms with Gasteiger partial charge in [-0.2, -0.15) is 0 Å². The van der Waals surface area contributed by atoms with Crippen molar-refractivity contribution in [2.75, 3.05) is 12.0 Å². The number of rotatable bonds is 1. The van der Waals surface area contributed by atoms with Crippen LogP contribution in [0.3, 0.4) is 0 Å². The van der Waals surface area contributed by atoms with E-state index in [9.17, 15) is 8.42 Å². The van der Waals surface area contributed by atoms with Gasteiger partial charge in [0.05, 0.1) is 11.2 Å². The summed E-state index contributed by atoms with van der Waals surface area (Å²) in [5.41, 5.74) is 6.75. The number of anilines is 1. The van der Waals surface area contributed by atoms with E-state index in [4.69, 9.17) is 5.73 Å². The number of sulfone groups is 1. The molecule has 1 aromatic carbocycles. The van der Waals surface area contributed by atoms with Gasteiger partial charge in [0.25, 0.3) is 0 Å². The second kappa shape index (κ2) is 3.20. The fraction of sp³-hybridized carbons (Fsp3) is 0.100. The van der Waals surface area contributed by atoms with E-state index in [2.05, 4.69) is 4.98 Å². The highest BCUT2D eigenvalue weighted by molar-refractivity contribution is 7.90. The number of hydrogen-bond donors (Lipinski definition) is 1. The molecule has 4 nitrogen and oxygen atoms in total. The van der Waals surface area contributed by atoms with E-state index in [1.54, 1.807) is 18.2 Å². The van der Waals surface area contributed by atoms with Gasteiger partial charge in [0.15, 0.2) is 9.84 Å². The van der Waals surface area contributed by atoms with Gasteiger partial charge in [0.2, 0.25) is 0 Å². The van der Waals surface area contributed by atoms with Crippen LogP contribution < -0.4 is 5.73 Å². The molecule has 0 aliphatic heterocycles. The number of fused-ring (bicyclic) bond motifs is 1. The van der Waals surface area contributed by atoms with E-state index in [0.717, 1.165) is 6.26 Å². The maximum atomic E-state index is 11.4. The van der Waals surface area contributed by atoms with E-state index in [-0.39, 0.29) is 10.6 Å². The van der Waals surface area contributed by atoms with Crippen LogP contribution in [0.25, 0.3) is 10.9 Å². The first kappa shape index (κ1) is 9.92. The molecule has 2 aromatic rings. The van der Waals surface area contributed by atoms with Gasteiger partial charge in [-0.1, -0.05) is 18.2 Å². The minimum Gasteiger partial charge on any atom is -0.397 e. The summed E-state index contributed by atoms with van der Waals surface area (Å²) in [6.45, 7) is 0. The van der Waals surface area contributed by atoms with Crippen LogP contribution in [0.5, 0.6) is 0 Å². The molecule has 2 rings (SSSR count). The van der Waals surface area contributed by atoms with Gasteiger partial charge < -0.3 is 5.73 Å². The maximum absolute atomic E-state index is 11.4. The normalized spacial score (nSPS) is 11.8. The van der Waals surface area contributed by atoms with Gasteiger partial charge >= 0.3 is 0 Å². The van der Waals surface area contributed by atoms with Crippen LogP contribution in [0.15, 0.2) is 35.4 Å². The average Bonchev–Trinajstić information content (AvgIpc) is 2.16. The summed E-state index contributed by atoms with van der Waals surface area (Å²) in [5.74, 6) is 0. The molecule has 0 aliphatic carbocycles. The van der Waals surface area contributed by atoms with Crippen molar-refractivity contribution < 1.29 is 8.42 Å². The fourth-order valence-corrected chi connectivity index (χ4v) is 2.19. The predicted molar refractivity (Wildman–Crippen MR) is 59.3 cm³/mol. The van der Waals surface area contributed by atoms with Crippen LogP contribution >= 0.6 is 0 Å². The number of nitrogen functional groups attached to an aromatic ring is 1. The van der Waals surface area contributed by atoms with Crippen LogP contribution in [0.2, 0.25) is 0 Å². The SMILES string of the molecule is CS(=O)(=O)c1cnc2ccccc2c1N. The van der Waals surface area contributed by atoms with Crippen LogP contribution in [0, 0.1) is 0 Å². The first-order valence-corrected chi connectivity index (χ1v) is 6.22. The van der Waals surface area contributed by atoms with E-state index in [1.165, 1.54) is 6.20 Å². The third-order valence-corrected chi connectivity index (χ3v) is 3.30. The number of hydrogen-bond acceptors (Lipinski definition) is 4. The molecule has 0 saturated heterocycles. The lowest BCUT2D eigenvalue weighted by atomic mass is 10.2. The van der Waals surface area contributed by atoms with Crippen LogP contribution in [0.4, 0.5) is 5.69 Å². The van der Waals surface area contributed by atoms with Gasteiger partial charge in [-0.15, -0.1) is 0 Å². The van der Waals surface area contributed by atoms with Crippen molar-refractivity contribution in [2.45, 2.75) is 4.90 Å². The van der Waals surface area contributed by atoms with Crippen molar-refractivity contribution in [3.05, 3.63) is 30.5 Å². The third kappa shape index (κ3) is 1.66. The van der Waals surface area contributed by atoms with Crippen molar-refractivity contribution >= 4 is 26.4 Å². The molecule has 0 aliphatic rings. The number of benzene rings is 1. The lowest BCUT2D eigenvalue weighted by Gasteiger charge is -2.05. The Kier molecular flexibility index (Phi) is 2.12. The molecule has 0 bridgehead atoms. The first-order valence-electron chi connectivity index (χ1n) is 4.33. The summed E-state index contributed by atoms with van der Waals surface area (Å²) in [6, 6.07) is 7.17. The van der Waals surface area contributed by atoms with E-state index in [0.29, 0.717) is 10.9 Å². The Balaban J connectivity index is 2.88. The quantitative estimate of drug-likeness (QED) is 0.787. The molecule has 0 saturated carbocycles. The number of pyridine rings is 1. The Morgan fingerprint density at radius 1 is 1.27 bits per heavy atom. The first-order chi connectivity index (χ1) is 7.00. The van der Waals surface area contributed by atoms with Crippen molar-refractivity contribution in [1.82, 2.24) is 4.98 Å². The van der Waals surface area contributed by atoms with Crippen molar-refractivity contribution in [2.24, 2.45) is 0 Å². The van der Waals surface area contributed by atoms with Gasteiger partial charge in [-0.25, -0.2) is 8.42 Å². The van der Waals surface area contributed by atoms with E-state index >= 15 is 0 Å². The molecule has 0 fully saturated rings. The zero-order valence-corrected chi connectivity index (χ0v) is 8.95. The predicted octanol–water partition coefficient (Wildman–Crippen LogP) is 1.22. The smallest absolute Gasteiger partial charge is 0.179 e. The van der Waals surface area contributed by atoms with Crippen LogP contribution in [-0.4, -0.2) is 19.7 Å². The Morgan fingerprint density at radius 3 is 2.60 bits per heavy atom. The molecule has 0 spiro atoms. The molecular weight excluding hydrogens is 212 g/mol. The summed E-state index contributed by atoms with van der Waals surface area (Å²) >= 11 is 0. The molecule has 2 N–H and O–H groups in total. The summed E-state index contributed by atoms with van der Waals surface area (Å²) in [7, 11) is -3.31. The summed E-state index contributed by atoms with van der Waals surface area (Å²) < 4.78 is 22.8. The third-order valence-electron chi connectivity index (χ3n) is 2.18. The van der Waals surface area contributed by atoms with Crippen LogP contribution in [-0.2, 0) is 9.84 Å². The Morgan fingerprint density at radius 2 is 1.93 bits per heavy atom. The van der Waals surface area contributed by atoms with Gasteiger partial charge in [-0.05, 0) is 6.07 Å². The Bertz CT molecular complexity index is 620. The molecule has 15 heavy (non-hydrogen) atoms. The number of para-hydroxylation sites is 1. The molecule has 5 heteroatoms. The molecule has 0 atom stereocenters. The van der Waals surface area contributed by atoms with Gasteiger partial charge in [0, 0.05) is 17.8 Å². The highest BCUT2D eigenvalue weighted by Gasteiger charge is 2.14. The zero-order valence-electron chi connectivity index (χ0n) is 8.14. The van der Waals surface area contributed by atoms with Gasteiger partial charge in [0.1, 0.15) is 4.90 Å². The Labute approximate surface area is 87.7 Å². The van der Waals surface area contributed by atoms with Crippen molar-refractivity contribution in [3.8, 4) is 0 Å². The molecular formula is C10H10N2O2S. The van der Waals surface area contributed by atoms with E-state index in [1.807, 2.05) is 6.07 Å². The standard InChI is InChI=1S/C10H10N2O2S/c1-15(13,14)9-6-12-8-5-3-2-4-7(8)10(9)11/h2-6H,1H3,(H2,11,12). The second-order valence-corrected chi connectivity index (χ2v) is 5.31. The minimum absolute atomic E-state index is 0.0844.